The Morgan fingerprint density at radius 3 is 2.67 bits per heavy atom. The van der Waals surface area contributed by atoms with Gasteiger partial charge in [-0.25, -0.2) is 0 Å². The molecule has 1 atom stereocenters. The molecule has 0 aromatic carbocycles. The summed E-state index contributed by atoms with van der Waals surface area (Å²) in [6.07, 6.45) is 3.09. The lowest BCUT2D eigenvalue weighted by Crippen LogP contribution is -2.50. The molecule has 0 aliphatic carbocycles. The number of aliphatic hydroxyl groups is 1. The van der Waals surface area contributed by atoms with Crippen molar-refractivity contribution >= 4 is 29.9 Å². The van der Waals surface area contributed by atoms with Crippen LogP contribution in [0.25, 0.3) is 0 Å². The van der Waals surface area contributed by atoms with E-state index in [1.807, 2.05) is 6.92 Å². The van der Waals surface area contributed by atoms with E-state index in [1.165, 1.54) is 0 Å². The van der Waals surface area contributed by atoms with Crippen LogP contribution in [-0.4, -0.2) is 54.2 Å². The summed E-state index contributed by atoms with van der Waals surface area (Å²) in [7, 11) is 0. The van der Waals surface area contributed by atoms with Crippen LogP contribution in [0.5, 0.6) is 0 Å². The molecule has 0 amide bonds. The summed E-state index contributed by atoms with van der Waals surface area (Å²) in [6, 6.07) is 4.58. The third-order valence-electron chi connectivity index (χ3n) is 4.24. The van der Waals surface area contributed by atoms with Gasteiger partial charge in [-0.05, 0) is 45.7 Å². The lowest BCUT2D eigenvalue weighted by molar-refractivity contribution is 0.157. The molecular weight excluding hydrogens is 419 g/mol. The Kier molecular flexibility index (Phi) is 9.68. The summed E-state index contributed by atoms with van der Waals surface area (Å²) in [5.74, 6) is 1.32. The number of halogens is 1. The number of hydrogen-bond donors (Lipinski definition) is 3. The first-order valence-electron chi connectivity index (χ1n) is 8.60. The van der Waals surface area contributed by atoms with Crippen molar-refractivity contribution in [3.8, 4) is 0 Å². The summed E-state index contributed by atoms with van der Waals surface area (Å²) in [4.78, 5) is 6.99. The van der Waals surface area contributed by atoms with Gasteiger partial charge >= 0.3 is 0 Å². The molecule has 0 saturated carbocycles. The van der Waals surface area contributed by atoms with E-state index in [0.29, 0.717) is 17.8 Å². The van der Waals surface area contributed by atoms with Gasteiger partial charge in [-0.3, -0.25) is 4.99 Å². The molecule has 0 spiro atoms. The molecule has 1 aromatic heterocycles. The summed E-state index contributed by atoms with van der Waals surface area (Å²) >= 11 is 0. The maximum atomic E-state index is 10.1. The fourth-order valence-corrected chi connectivity index (χ4v) is 2.82. The van der Waals surface area contributed by atoms with Crippen LogP contribution in [0, 0.1) is 0 Å². The van der Waals surface area contributed by atoms with Gasteiger partial charge in [0.1, 0.15) is 11.9 Å². The predicted octanol–water partition coefficient (Wildman–Crippen LogP) is 2.36. The second-order valence-corrected chi connectivity index (χ2v) is 6.30. The normalized spacial score (nSPS) is 18.3. The topological polar surface area (TPSA) is 73.0 Å². The average molecular weight is 450 g/mol. The quantitative estimate of drug-likeness (QED) is 0.353. The summed E-state index contributed by atoms with van der Waals surface area (Å²) in [5.41, 5.74) is 0. The van der Waals surface area contributed by atoms with Crippen LogP contribution in [-0.2, 0) is 0 Å². The molecule has 2 rings (SSSR count). The molecular formula is C17H31IN4O2. The van der Waals surface area contributed by atoms with E-state index in [2.05, 4.69) is 34.4 Å². The minimum absolute atomic E-state index is 0. The summed E-state index contributed by atoms with van der Waals surface area (Å²) in [6.45, 7) is 9.85. The number of rotatable bonds is 6. The second-order valence-electron chi connectivity index (χ2n) is 6.30. The Balaban J connectivity index is 0.00000288. The van der Waals surface area contributed by atoms with Gasteiger partial charge in [0.25, 0.3) is 0 Å². The van der Waals surface area contributed by atoms with Crippen LogP contribution in [0.3, 0.4) is 0 Å². The molecule has 24 heavy (non-hydrogen) atoms. The van der Waals surface area contributed by atoms with Gasteiger partial charge in [-0.15, -0.1) is 24.0 Å². The number of nitrogens with zero attached hydrogens (tertiary/aromatic N) is 2. The van der Waals surface area contributed by atoms with E-state index in [-0.39, 0.29) is 30.5 Å². The maximum absolute atomic E-state index is 10.1. The van der Waals surface area contributed by atoms with Crippen LogP contribution < -0.4 is 10.6 Å². The average Bonchev–Trinajstić information content (AvgIpc) is 3.07. The number of hydrogen-bond acceptors (Lipinski definition) is 4. The number of aliphatic imine (C=N–C) groups is 1. The lowest BCUT2D eigenvalue weighted by atomic mass is 10.0. The minimum atomic E-state index is -0.705. The van der Waals surface area contributed by atoms with Crippen LogP contribution >= 0.6 is 24.0 Å². The van der Waals surface area contributed by atoms with Crippen molar-refractivity contribution < 1.29 is 9.52 Å². The lowest BCUT2D eigenvalue weighted by Gasteiger charge is -2.35. The Morgan fingerprint density at radius 2 is 2.12 bits per heavy atom. The zero-order chi connectivity index (χ0) is 16.7. The number of furan rings is 1. The molecule has 1 aliphatic heterocycles. The van der Waals surface area contributed by atoms with E-state index in [4.69, 9.17) is 4.42 Å². The maximum Gasteiger partial charge on any atom is 0.191 e. The molecule has 0 bridgehead atoms. The van der Waals surface area contributed by atoms with Crippen molar-refractivity contribution in [1.29, 1.82) is 0 Å². The van der Waals surface area contributed by atoms with E-state index >= 15 is 0 Å². The molecule has 2 heterocycles. The minimum Gasteiger partial charge on any atom is -0.467 e. The Labute approximate surface area is 162 Å². The zero-order valence-corrected chi connectivity index (χ0v) is 17.2. The number of guanidine groups is 1. The van der Waals surface area contributed by atoms with Gasteiger partial charge in [0.2, 0.25) is 0 Å². The molecule has 1 saturated heterocycles. The highest BCUT2D eigenvalue weighted by molar-refractivity contribution is 14.0. The van der Waals surface area contributed by atoms with Crippen molar-refractivity contribution in [3.63, 3.8) is 0 Å². The fraction of sp³-hybridized carbons (Fsp3) is 0.706. The first kappa shape index (κ1) is 21.2. The summed E-state index contributed by atoms with van der Waals surface area (Å²) in [5, 5.41) is 16.8. The van der Waals surface area contributed by atoms with Crippen molar-refractivity contribution in [2.24, 2.45) is 4.99 Å². The third-order valence-corrected chi connectivity index (χ3v) is 4.24. The van der Waals surface area contributed by atoms with Crippen LogP contribution in [0.4, 0.5) is 0 Å². The molecule has 6 nitrogen and oxygen atoms in total. The van der Waals surface area contributed by atoms with Crippen LogP contribution in [0.2, 0.25) is 0 Å². The number of likely N-dealkylation sites (tertiary alicyclic amines) is 1. The molecule has 138 valence electrons. The Morgan fingerprint density at radius 1 is 1.42 bits per heavy atom. The van der Waals surface area contributed by atoms with Gasteiger partial charge in [0.15, 0.2) is 5.96 Å². The highest BCUT2D eigenvalue weighted by Gasteiger charge is 2.21. The molecule has 0 radical (unpaired) electrons. The fourth-order valence-electron chi connectivity index (χ4n) is 2.82. The first-order chi connectivity index (χ1) is 11.1. The smallest absolute Gasteiger partial charge is 0.191 e. The van der Waals surface area contributed by atoms with Crippen LogP contribution in [0.1, 0.15) is 45.5 Å². The number of aliphatic hydroxyl groups excluding tert-OH is 1. The highest BCUT2D eigenvalue weighted by atomic mass is 127. The number of nitrogens with one attached hydrogen (secondary N) is 2. The van der Waals surface area contributed by atoms with Gasteiger partial charge in [0, 0.05) is 31.7 Å². The predicted molar refractivity (Wildman–Crippen MR) is 108 cm³/mol. The molecule has 1 fully saturated rings. The third kappa shape index (κ3) is 6.60. The van der Waals surface area contributed by atoms with Gasteiger partial charge in [-0.1, -0.05) is 0 Å². The zero-order valence-electron chi connectivity index (χ0n) is 14.9. The van der Waals surface area contributed by atoms with Crippen LogP contribution in [0.15, 0.2) is 27.8 Å². The number of piperidine rings is 1. The van der Waals surface area contributed by atoms with E-state index in [9.17, 15) is 5.11 Å². The van der Waals surface area contributed by atoms with Crippen molar-refractivity contribution in [1.82, 2.24) is 15.5 Å². The van der Waals surface area contributed by atoms with E-state index in [0.717, 1.165) is 38.4 Å². The first-order valence-corrected chi connectivity index (χ1v) is 8.60. The SMILES string of the molecule is CCNC(=NCC(O)c1ccco1)NC1CCN(C(C)C)CC1.I. The van der Waals surface area contributed by atoms with Crippen molar-refractivity contribution in [2.45, 2.75) is 51.8 Å². The van der Waals surface area contributed by atoms with E-state index in [1.54, 1.807) is 18.4 Å². The monoisotopic (exact) mass is 450 g/mol. The van der Waals surface area contributed by atoms with Gasteiger partial charge < -0.3 is 25.1 Å². The van der Waals surface area contributed by atoms with Gasteiger partial charge in [0.05, 0.1) is 12.8 Å². The van der Waals surface area contributed by atoms with E-state index < -0.39 is 6.10 Å². The van der Waals surface area contributed by atoms with Crippen molar-refractivity contribution in [3.05, 3.63) is 24.2 Å². The molecule has 3 N–H and O–H groups in total. The summed E-state index contributed by atoms with van der Waals surface area (Å²) < 4.78 is 5.21. The molecule has 1 aliphatic rings. The Bertz CT molecular complexity index is 471. The highest BCUT2D eigenvalue weighted by Crippen LogP contribution is 2.14. The largest absolute Gasteiger partial charge is 0.467 e. The molecule has 1 unspecified atom stereocenters. The molecule has 7 heteroatoms. The standard InChI is InChI=1S/C17H30N4O2.HI/c1-4-18-17(19-12-15(22)16-6-5-11-23-16)20-14-7-9-21(10-8-14)13(2)3;/h5-6,11,13-15,22H,4,7-10,12H2,1-3H3,(H2,18,19,20);1H. The van der Waals surface area contributed by atoms with Gasteiger partial charge in [-0.2, -0.15) is 0 Å². The molecule has 1 aromatic rings. The Hall–Kier alpha value is -0.800. The van der Waals surface area contributed by atoms with Crippen molar-refractivity contribution in [2.75, 3.05) is 26.2 Å². The second kappa shape index (κ2) is 10.9.